The van der Waals surface area contributed by atoms with Crippen LogP contribution in [-0.4, -0.2) is 11.2 Å². The van der Waals surface area contributed by atoms with Crippen LogP contribution in [0.1, 0.15) is 56.3 Å². The van der Waals surface area contributed by atoms with Crippen LogP contribution in [0.4, 0.5) is 0 Å². The minimum absolute atomic E-state index is 0.280. The van der Waals surface area contributed by atoms with Crippen molar-refractivity contribution >= 4 is 0 Å². The fourth-order valence-corrected chi connectivity index (χ4v) is 3.35. The van der Waals surface area contributed by atoms with Crippen molar-refractivity contribution in [2.75, 3.05) is 0 Å². The van der Waals surface area contributed by atoms with E-state index in [1.54, 1.807) is 0 Å². The fourth-order valence-electron chi connectivity index (χ4n) is 3.35. The van der Waals surface area contributed by atoms with Crippen molar-refractivity contribution < 1.29 is 9.84 Å². The summed E-state index contributed by atoms with van der Waals surface area (Å²) in [5.74, 6) is 1.46. The first kappa shape index (κ1) is 12.0. The molecule has 0 amide bonds. The molecule has 0 radical (unpaired) electrons. The molecule has 1 aliphatic heterocycles. The third-order valence-corrected chi connectivity index (χ3v) is 4.36. The molecular weight excluding hydrogens is 224 g/mol. The largest absolute Gasteiger partial charge is 0.490 e. The lowest BCUT2D eigenvalue weighted by Crippen LogP contribution is -2.16. The van der Waals surface area contributed by atoms with Crippen molar-refractivity contribution in [1.82, 2.24) is 0 Å². The van der Waals surface area contributed by atoms with Gasteiger partial charge in [-0.1, -0.05) is 25.3 Å². The Morgan fingerprint density at radius 2 is 2.00 bits per heavy atom. The van der Waals surface area contributed by atoms with E-state index < -0.39 is 0 Å². The van der Waals surface area contributed by atoms with E-state index in [-0.39, 0.29) is 12.2 Å². The summed E-state index contributed by atoms with van der Waals surface area (Å²) in [7, 11) is 0. The second-order valence-corrected chi connectivity index (χ2v) is 5.84. The van der Waals surface area contributed by atoms with Crippen LogP contribution in [-0.2, 0) is 6.42 Å². The van der Waals surface area contributed by atoms with Crippen LogP contribution in [0.3, 0.4) is 0 Å². The van der Waals surface area contributed by atoms with E-state index in [1.807, 2.05) is 12.1 Å². The first-order valence-corrected chi connectivity index (χ1v) is 7.21. The van der Waals surface area contributed by atoms with Crippen LogP contribution < -0.4 is 4.74 Å². The Labute approximate surface area is 109 Å². The standard InChI is InChI=1S/C16H22O2/c1-11-9-14-10-13(7-8-15(14)18-11)16(17)12-5-3-2-4-6-12/h7-8,10-12,16-17H,2-6,9H2,1H3. The third-order valence-electron chi connectivity index (χ3n) is 4.36. The number of aliphatic hydroxyl groups excluding tert-OH is 1. The first-order valence-electron chi connectivity index (χ1n) is 7.21. The van der Waals surface area contributed by atoms with Gasteiger partial charge >= 0.3 is 0 Å². The van der Waals surface area contributed by atoms with Gasteiger partial charge in [-0.15, -0.1) is 0 Å². The van der Waals surface area contributed by atoms with Crippen molar-refractivity contribution in [2.45, 2.75) is 57.7 Å². The van der Waals surface area contributed by atoms with Crippen molar-refractivity contribution in [2.24, 2.45) is 5.92 Å². The molecule has 1 aliphatic carbocycles. The number of benzene rings is 1. The zero-order valence-corrected chi connectivity index (χ0v) is 11.1. The summed E-state index contributed by atoms with van der Waals surface area (Å²) in [6.07, 6.45) is 7.18. The van der Waals surface area contributed by atoms with E-state index in [0.717, 1.165) is 17.7 Å². The smallest absolute Gasteiger partial charge is 0.123 e. The van der Waals surface area contributed by atoms with E-state index in [2.05, 4.69) is 13.0 Å². The average Bonchev–Trinajstić information content (AvgIpc) is 2.78. The highest BCUT2D eigenvalue weighted by Crippen LogP contribution is 2.37. The molecule has 18 heavy (non-hydrogen) atoms. The van der Waals surface area contributed by atoms with Gasteiger partial charge < -0.3 is 9.84 Å². The lowest BCUT2D eigenvalue weighted by Gasteiger charge is -2.27. The highest BCUT2D eigenvalue weighted by atomic mass is 16.5. The van der Waals surface area contributed by atoms with Gasteiger partial charge in [-0.05, 0) is 48.9 Å². The van der Waals surface area contributed by atoms with Gasteiger partial charge in [0.05, 0.1) is 6.10 Å². The summed E-state index contributed by atoms with van der Waals surface area (Å²) < 4.78 is 5.71. The number of fused-ring (bicyclic) bond motifs is 1. The lowest BCUT2D eigenvalue weighted by atomic mass is 9.82. The van der Waals surface area contributed by atoms with Gasteiger partial charge in [0.2, 0.25) is 0 Å². The maximum Gasteiger partial charge on any atom is 0.123 e. The first-order chi connectivity index (χ1) is 8.74. The van der Waals surface area contributed by atoms with Gasteiger partial charge in [0, 0.05) is 6.42 Å². The molecule has 1 aromatic carbocycles. The van der Waals surface area contributed by atoms with Gasteiger partial charge in [-0.25, -0.2) is 0 Å². The predicted octanol–water partition coefficient (Wildman–Crippen LogP) is 3.62. The Kier molecular flexibility index (Phi) is 3.29. The molecule has 98 valence electrons. The highest BCUT2D eigenvalue weighted by molar-refractivity contribution is 5.41. The molecule has 0 bridgehead atoms. The van der Waals surface area contributed by atoms with Crippen LogP contribution in [0.2, 0.25) is 0 Å². The van der Waals surface area contributed by atoms with E-state index >= 15 is 0 Å². The topological polar surface area (TPSA) is 29.5 Å². The van der Waals surface area contributed by atoms with Crippen LogP contribution >= 0.6 is 0 Å². The molecular formula is C16H22O2. The van der Waals surface area contributed by atoms with Crippen LogP contribution in [0.15, 0.2) is 18.2 Å². The van der Waals surface area contributed by atoms with Crippen molar-refractivity contribution in [3.05, 3.63) is 29.3 Å². The highest BCUT2D eigenvalue weighted by Gasteiger charge is 2.25. The number of hydrogen-bond acceptors (Lipinski definition) is 2. The molecule has 0 spiro atoms. The molecule has 0 saturated heterocycles. The third kappa shape index (κ3) is 2.26. The molecule has 1 heterocycles. The van der Waals surface area contributed by atoms with Gasteiger partial charge in [0.15, 0.2) is 0 Å². The summed E-state index contributed by atoms with van der Waals surface area (Å²) in [6, 6.07) is 6.22. The molecule has 1 fully saturated rings. The van der Waals surface area contributed by atoms with E-state index in [0.29, 0.717) is 5.92 Å². The molecule has 0 aromatic heterocycles. The Hall–Kier alpha value is -1.02. The van der Waals surface area contributed by atoms with E-state index in [1.165, 1.54) is 37.7 Å². The second kappa shape index (κ2) is 4.93. The average molecular weight is 246 g/mol. The number of aliphatic hydroxyl groups is 1. The van der Waals surface area contributed by atoms with Gasteiger partial charge in [-0.2, -0.15) is 0 Å². The SMILES string of the molecule is CC1Cc2cc(C(O)C3CCCCC3)ccc2O1. The van der Waals surface area contributed by atoms with Crippen molar-refractivity contribution in [3.8, 4) is 5.75 Å². The maximum atomic E-state index is 10.5. The second-order valence-electron chi connectivity index (χ2n) is 5.84. The summed E-state index contributed by atoms with van der Waals surface area (Å²) in [5, 5.41) is 10.5. The van der Waals surface area contributed by atoms with Gasteiger partial charge in [0.25, 0.3) is 0 Å². The Bertz CT molecular complexity index is 421. The molecule has 1 saturated carbocycles. The molecule has 2 atom stereocenters. The number of ether oxygens (including phenoxy) is 1. The molecule has 2 nitrogen and oxygen atoms in total. The van der Waals surface area contributed by atoms with Crippen LogP contribution in [0, 0.1) is 5.92 Å². The Balaban J connectivity index is 1.78. The summed E-state index contributed by atoms with van der Waals surface area (Å²) in [6.45, 7) is 2.09. The minimum atomic E-state index is -0.286. The van der Waals surface area contributed by atoms with Crippen LogP contribution in [0.25, 0.3) is 0 Å². The van der Waals surface area contributed by atoms with Gasteiger partial charge in [-0.3, -0.25) is 0 Å². The van der Waals surface area contributed by atoms with Crippen molar-refractivity contribution in [3.63, 3.8) is 0 Å². The minimum Gasteiger partial charge on any atom is -0.490 e. The zero-order valence-electron chi connectivity index (χ0n) is 11.1. The number of hydrogen-bond donors (Lipinski definition) is 1. The summed E-state index contributed by atoms with van der Waals surface area (Å²) in [5.41, 5.74) is 2.34. The monoisotopic (exact) mass is 246 g/mol. The Morgan fingerprint density at radius 3 is 2.78 bits per heavy atom. The number of rotatable bonds is 2. The normalized spacial score (nSPS) is 25.6. The quantitative estimate of drug-likeness (QED) is 0.863. The summed E-state index contributed by atoms with van der Waals surface area (Å²) >= 11 is 0. The van der Waals surface area contributed by atoms with Crippen molar-refractivity contribution in [1.29, 1.82) is 0 Å². The van der Waals surface area contributed by atoms with Crippen LogP contribution in [0.5, 0.6) is 5.75 Å². The molecule has 2 unspecified atom stereocenters. The molecule has 1 aromatic rings. The molecule has 3 rings (SSSR count). The Morgan fingerprint density at radius 1 is 1.22 bits per heavy atom. The maximum absolute atomic E-state index is 10.5. The zero-order chi connectivity index (χ0) is 12.5. The lowest BCUT2D eigenvalue weighted by molar-refractivity contribution is 0.0848. The molecule has 2 heteroatoms. The predicted molar refractivity (Wildman–Crippen MR) is 71.8 cm³/mol. The van der Waals surface area contributed by atoms with Gasteiger partial charge in [0.1, 0.15) is 11.9 Å². The fraction of sp³-hybridized carbons (Fsp3) is 0.625. The molecule has 1 N–H and O–H groups in total. The van der Waals surface area contributed by atoms with E-state index in [9.17, 15) is 5.11 Å². The molecule has 2 aliphatic rings. The summed E-state index contributed by atoms with van der Waals surface area (Å²) in [4.78, 5) is 0. The van der Waals surface area contributed by atoms with E-state index in [4.69, 9.17) is 4.74 Å².